The van der Waals surface area contributed by atoms with Crippen molar-refractivity contribution < 1.29 is 19.0 Å². The van der Waals surface area contributed by atoms with Crippen molar-refractivity contribution in [3.8, 4) is 5.75 Å². The van der Waals surface area contributed by atoms with Gasteiger partial charge in [-0.2, -0.15) is 0 Å². The van der Waals surface area contributed by atoms with E-state index in [-0.39, 0.29) is 11.1 Å². The molecule has 0 spiro atoms. The normalized spacial score (nSPS) is 22.1. The number of carboxylic acid groups (broad SMARTS) is 1. The SMILES string of the molecule is CCn1cc(OC(=O)O)c(=O)c2cc(F)c(N3CC4CCCNC4C3)cc21. The van der Waals surface area contributed by atoms with Crippen molar-refractivity contribution >= 4 is 22.7 Å². The Kier molecular flexibility index (Phi) is 4.51. The minimum atomic E-state index is -1.57. The monoisotopic (exact) mass is 375 g/mol. The zero-order valence-electron chi connectivity index (χ0n) is 15.1. The van der Waals surface area contributed by atoms with Gasteiger partial charge in [-0.3, -0.25) is 4.79 Å². The van der Waals surface area contributed by atoms with Crippen LogP contribution in [0.2, 0.25) is 0 Å². The van der Waals surface area contributed by atoms with Gasteiger partial charge in [0.2, 0.25) is 5.43 Å². The van der Waals surface area contributed by atoms with Gasteiger partial charge in [-0.15, -0.1) is 0 Å². The number of carbonyl (C=O) groups is 1. The van der Waals surface area contributed by atoms with E-state index in [1.54, 1.807) is 10.6 Å². The van der Waals surface area contributed by atoms with Gasteiger partial charge in [0.15, 0.2) is 5.75 Å². The maximum Gasteiger partial charge on any atom is 0.511 e. The van der Waals surface area contributed by atoms with Crippen molar-refractivity contribution in [1.29, 1.82) is 0 Å². The minimum absolute atomic E-state index is 0.117. The number of aryl methyl sites for hydroxylation is 1. The molecule has 2 atom stereocenters. The number of anilines is 1. The number of piperidine rings is 1. The van der Waals surface area contributed by atoms with Gasteiger partial charge in [0.25, 0.3) is 0 Å². The summed E-state index contributed by atoms with van der Waals surface area (Å²) in [5.74, 6) is -0.290. The molecule has 2 N–H and O–H groups in total. The molecule has 0 bridgehead atoms. The summed E-state index contributed by atoms with van der Waals surface area (Å²) < 4.78 is 21.2. The molecule has 2 aliphatic heterocycles. The summed E-state index contributed by atoms with van der Waals surface area (Å²) in [6.45, 7) is 4.88. The van der Waals surface area contributed by atoms with Gasteiger partial charge in [-0.25, -0.2) is 9.18 Å². The number of aromatic nitrogens is 1. The maximum atomic E-state index is 14.9. The van der Waals surface area contributed by atoms with Crippen LogP contribution in [0.3, 0.4) is 0 Å². The Morgan fingerprint density at radius 1 is 1.41 bits per heavy atom. The predicted octanol–water partition coefficient (Wildman–Crippen LogP) is 2.41. The fourth-order valence-electron chi connectivity index (χ4n) is 4.29. The number of benzene rings is 1. The van der Waals surface area contributed by atoms with E-state index in [0.29, 0.717) is 29.7 Å². The molecular formula is C19H22FN3O4. The summed E-state index contributed by atoms with van der Waals surface area (Å²) in [4.78, 5) is 25.4. The van der Waals surface area contributed by atoms with Crippen LogP contribution in [-0.2, 0) is 6.54 Å². The average molecular weight is 375 g/mol. The number of nitrogens with zero attached hydrogens (tertiary/aromatic N) is 2. The first-order valence-corrected chi connectivity index (χ1v) is 9.23. The number of ether oxygens (including phenoxy) is 1. The number of fused-ring (bicyclic) bond motifs is 2. The Balaban J connectivity index is 1.79. The van der Waals surface area contributed by atoms with Crippen LogP contribution in [0.25, 0.3) is 10.9 Å². The molecule has 3 heterocycles. The zero-order valence-corrected chi connectivity index (χ0v) is 15.1. The van der Waals surface area contributed by atoms with Gasteiger partial charge < -0.3 is 24.6 Å². The molecule has 0 amide bonds. The lowest BCUT2D eigenvalue weighted by Crippen LogP contribution is -2.40. The first-order valence-electron chi connectivity index (χ1n) is 9.23. The Morgan fingerprint density at radius 3 is 2.93 bits per heavy atom. The molecule has 2 aliphatic rings. The molecule has 0 aliphatic carbocycles. The van der Waals surface area contributed by atoms with Crippen LogP contribution in [0.1, 0.15) is 19.8 Å². The summed E-state index contributed by atoms with van der Waals surface area (Å²) in [5, 5.41) is 12.4. The number of halogens is 1. The third kappa shape index (κ3) is 3.14. The molecule has 1 aromatic heterocycles. The Hall–Kier alpha value is -2.61. The molecule has 8 heteroatoms. The molecule has 7 nitrogen and oxygen atoms in total. The van der Waals surface area contributed by atoms with Crippen LogP contribution in [0, 0.1) is 11.7 Å². The van der Waals surface area contributed by atoms with E-state index >= 15 is 0 Å². The average Bonchev–Trinajstić information content (AvgIpc) is 3.07. The topological polar surface area (TPSA) is 83.8 Å². The van der Waals surface area contributed by atoms with Crippen molar-refractivity contribution in [3.63, 3.8) is 0 Å². The number of rotatable bonds is 3. The van der Waals surface area contributed by atoms with E-state index in [1.165, 1.54) is 12.3 Å². The fraction of sp³-hybridized carbons (Fsp3) is 0.474. The van der Waals surface area contributed by atoms with E-state index < -0.39 is 17.4 Å². The standard InChI is InChI=1S/C19H22FN3O4/c1-2-22-10-17(27-19(25)26)18(24)12-6-13(20)16(7-15(12)22)23-8-11-4-3-5-21-14(11)9-23/h6-7,10-11,14,21H,2-5,8-9H2,1H3,(H,25,26). The number of nitrogens with one attached hydrogen (secondary N) is 1. The molecule has 0 saturated carbocycles. The summed E-state index contributed by atoms with van der Waals surface area (Å²) >= 11 is 0. The molecule has 27 heavy (non-hydrogen) atoms. The number of hydrogen-bond donors (Lipinski definition) is 2. The molecule has 2 unspecified atom stereocenters. The van der Waals surface area contributed by atoms with Crippen LogP contribution in [-0.4, -0.2) is 41.5 Å². The summed E-state index contributed by atoms with van der Waals surface area (Å²) in [7, 11) is 0. The molecule has 2 fully saturated rings. The van der Waals surface area contributed by atoms with Crippen molar-refractivity contribution in [2.45, 2.75) is 32.4 Å². The van der Waals surface area contributed by atoms with Gasteiger partial charge in [-0.05, 0) is 44.4 Å². The molecule has 0 radical (unpaired) electrons. The summed E-state index contributed by atoms with van der Waals surface area (Å²) in [6, 6.07) is 3.26. The highest BCUT2D eigenvalue weighted by molar-refractivity contribution is 5.85. The van der Waals surface area contributed by atoms with Crippen LogP contribution < -0.4 is 20.4 Å². The smallest absolute Gasteiger partial charge is 0.449 e. The first-order chi connectivity index (χ1) is 13.0. The van der Waals surface area contributed by atoms with E-state index in [2.05, 4.69) is 10.1 Å². The lowest BCUT2D eigenvalue weighted by Gasteiger charge is -2.24. The van der Waals surface area contributed by atoms with E-state index in [9.17, 15) is 14.0 Å². The van der Waals surface area contributed by atoms with Crippen LogP contribution in [0.15, 0.2) is 23.1 Å². The van der Waals surface area contributed by atoms with E-state index in [4.69, 9.17) is 5.11 Å². The van der Waals surface area contributed by atoms with Gasteiger partial charge in [-0.1, -0.05) is 0 Å². The number of hydrogen-bond acceptors (Lipinski definition) is 5. The van der Waals surface area contributed by atoms with Crippen LogP contribution in [0.5, 0.6) is 5.75 Å². The lowest BCUT2D eigenvalue weighted by atomic mass is 9.94. The Labute approximate surface area is 155 Å². The van der Waals surface area contributed by atoms with Crippen LogP contribution in [0.4, 0.5) is 14.9 Å². The Bertz CT molecular complexity index is 944. The third-order valence-electron chi connectivity index (χ3n) is 5.59. The zero-order chi connectivity index (χ0) is 19.1. The second-order valence-corrected chi connectivity index (χ2v) is 7.17. The quantitative estimate of drug-likeness (QED) is 0.802. The van der Waals surface area contributed by atoms with Crippen molar-refractivity contribution in [2.75, 3.05) is 24.5 Å². The van der Waals surface area contributed by atoms with Gasteiger partial charge >= 0.3 is 6.16 Å². The highest BCUT2D eigenvalue weighted by Crippen LogP contribution is 2.33. The first kappa shape index (κ1) is 17.8. The minimum Gasteiger partial charge on any atom is -0.449 e. The third-order valence-corrected chi connectivity index (χ3v) is 5.59. The van der Waals surface area contributed by atoms with Gasteiger partial charge in [0.1, 0.15) is 5.82 Å². The molecule has 4 rings (SSSR count). The summed E-state index contributed by atoms with van der Waals surface area (Å²) in [5.41, 5.74) is 0.422. The molecule has 144 valence electrons. The van der Waals surface area contributed by atoms with Crippen molar-refractivity contribution in [2.24, 2.45) is 5.92 Å². The molecule has 1 aromatic carbocycles. The molecule has 2 aromatic rings. The largest absolute Gasteiger partial charge is 0.511 e. The second kappa shape index (κ2) is 6.84. The van der Waals surface area contributed by atoms with Gasteiger partial charge in [0.05, 0.1) is 22.8 Å². The van der Waals surface area contributed by atoms with Crippen molar-refractivity contribution in [3.05, 3.63) is 34.4 Å². The second-order valence-electron chi connectivity index (χ2n) is 7.17. The van der Waals surface area contributed by atoms with E-state index in [1.807, 2.05) is 11.8 Å². The molecular weight excluding hydrogens is 353 g/mol. The van der Waals surface area contributed by atoms with Crippen molar-refractivity contribution in [1.82, 2.24) is 9.88 Å². The lowest BCUT2D eigenvalue weighted by molar-refractivity contribution is 0.144. The summed E-state index contributed by atoms with van der Waals surface area (Å²) in [6.07, 6.45) is 2.07. The predicted molar refractivity (Wildman–Crippen MR) is 99.2 cm³/mol. The maximum absolute atomic E-state index is 14.9. The van der Waals surface area contributed by atoms with E-state index in [0.717, 1.165) is 32.5 Å². The highest BCUT2D eigenvalue weighted by atomic mass is 19.1. The molecule has 2 saturated heterocycles. The van der Waals surface area contributed by atoms with Crippen LogP contribution >= 0.6 is 0 Å². The highest BCUT2D eigenvalue weighted by Gasteiger charge is 2.35. The van der Waals surface area contributed by atoms with Gasteiger partial charge in [0, 0.05) is 25.7 Å². The Morgan fingerprint density at radius 2 is 2.22 bits per heavy atom. The fourth-order valence-corrected chi connectivity index (χ4v) is 4.29. The number of pyridine rings is 1.